The van der Waals surface area contributed by atoms with Gasteiger partial charge in [-0.3, -0.25) is 4.79 Å². The van der Waals surface area contributed by atoms with Crippen molar-refractivity contribution in [2.24, 2.45) is 5.16 Å². The second-order valence-electron chi connectivity index (χ2n) is 6.75. The number of carbonyl (C=O) groups excluding carboxylic acids is 1. The Balaban J connectivity index is 1.50. The Kier molecular flexibility index (Phi) is 7.90. The fourth-order valence-electron chi connectivity index (χ4n) is 2.65. The number of hydrogen-bond donors (Lipinski definition) is 1. The topological polar surface area (TPSA) is 69.2 Å². The van der Waals surface area contributed by atoms with Crippen LogP contribution in [0.1, 0.15) is 16.7 Å². The minimum absolute atomic E-state index is 0.214. The van der Waals surface area contributed by atoms with Crippen molar-refractivity contribution in [1.29, 1.82) is 0 Å². The Bertz CT molecular complexity index is 1030. The summed E-state index contributed by atoms with van der Waals surface area (Å²) in [6.07, 6.45) is 1.50. The second kappa shape index (κ2) is 11.0. The summed E-state index contributed by atoms with van der Waals surface area (Å²) in [5.41, 5.74) is 3.66. The third-order valence-corrected chi connectivity index (χ3v) is 4.55. The Labute approximate surface area is 186 Å². The summed E-state index contributed by atoms with van der Waals surface area (Å²) in [7, 11) is 1.58. The Hall–Kier alpha value is -3.51. The average Bonchev–Trinajstić information content (AvgIpc) is 2.78. The maximum atomic E-state index is 11.9. The molecule has 0 aliphatic heterocycles. The number of benzene rings is 3. The van der Waals surface area contributed by atoms with Crippen LogP contribution in [0.5, 0.6) is 11.5 Å². The molecule has 3 rings (SSSR count). The summed E-state index contributed by atoms with van der Waals surface area (Å²) >= 11 is 5.82. The molecular formula is C24H23ClN2O4. The minimum atomic E-state index is -0.322. The summed E-state index contributed by atoms with van der Waals surface area (Å²) in [6, 6.07) is 20.4. The SMILES string of the molecule is COc1cc(/C=N/OCC(=O)Nc2ccc(Cl)cc2)ccc1OCc1ccc(C)cc1. The lowest BCUT2D eigenvalue weighted by Crippen LogP contribution is -2.16. The molecule has 0 fully saturated rings. The van der Waals surface area contributed by atoms with E-state index < -0.39 is 0 Å². The Morgan fingerprint density at radius 2 is 1.77 bits per heavy atom. The van der Waals surface area contributed by atoms with E-state index >= 15 is 0 Å². The molecule has 0 unspecified atom stereocenters. The van der Waals surface area contributed by atoms with E-state index in [9.17, 15) is 4.79 Å². The molecule has 31 heavy (non-hydrogen) atoms. The molecule has 6 nitrogen and oxygen atoms in total. The van der Waals surface area contributed by atoms with Crippen LogP contribution < -0.4 is 14.8 Å². The molecule has 3 aromatic rings. The van der Waals surface area contributed by atoms with Gasteiger partial charge in [0.2, 0.25) is 0 Å². The summed E-state index contributed by atoms with van der Waals surface area (Å²) in [4.78, 5) is 17.0. The molecule has 0 radical (unpaired) electrons. The van der Waals surface area contributed by atoms with Crippen molar-refractivity contribution in [2.45, 2.75) is 13.5 Å². The molecule has 1 amide bonds. The second-order valence-corrected chi connectivity index (χ2v) is 7.18. The molecule has 0 aromatic heterocycles. The zero-order chi connectivity index (χ0) is 22.1. The third-order valence-electron chi connectivity index (χ3n) is 4.30. The molecule has 0 atom stereocenters. The number of anilines is 1. The Morgan fingerprint density at radius 3 is 2.48 bits per heavy atom. The number of rotatable bonds is 9. The van der Waals surface area contributed by atoms with Gasteiger partial charge in [-0.1, -0.05) is 46.6 Å². The summed E-state index contributed by atoms with van der Waals surface area (Å²) in [5, 5.41) is 7.13. The largest absolute Gasteiger partial charge is 0.493 e. The molecule has 7 heteroatoms. The van der Waals surface area contributed by atoms with Gasteiger partial charge in [-0.2, -0.15) is 0 Å². The molecule has 0 aliphatic carbocycles. The highest BCUT2D eigenvalue weighted by molar-refractivity contribution is 6.30. The standard InChI is InChI=1S/C24H23ClN2O4/c1-17-3-5-18(6-4-17)15-30-22-12-7-19(13-23(22)29-2)14-26-31-16-24(28)27-21-10-8-20(25)9-11-21/h3-14H,15-16H2,1-2H3,(H,27,28)/b26-14+. The van der Waals surface area contributed by atoms with Crippen LogP contribution in [-0.2, 0) is 16.2 Å². The van der Waals surface area contributed by atoms with Crippen LogP contribution in [0.15, 0.2) is 71.9 Å². The van der Waals surface area contributed by atoms with E-state index in [4.69, 9.17) is 25.9 Å². The fourth-order valence-corrected chi connectivity index (χ4v) is 2.78. The van der Waals surface area contributed by atoms with Crippen molar-refractivity contribution in [3.05, 3.63) is 88.4 Å². The number of ether oxygens (including phenoxy) is 2. The molecule has 0 bridgehead atoms. The normalized spacial score (nSPS) is 10.7. The first-order valence-corrected chi connectivity index (χ1v) is 9.98. The average molecular weight is 439 g/mol. The van der Waals surface area contributed by atoms with Gasteiger partial charge in [0.15, 0.2) is 18.1 Å². The first kappa shape index (κ1) is 22.2. The van der Waals surface area contributed by atoms with E-state index in [1.54, 1.807) is 37.4 Å². The lowest BCUT2D eigenvalue weighted by Gasteiger charge is -2.11. The molecule has 0 heterocycles. The van der Waals surface area contributed by atoms with Gasteiger partial charge in [0.25, 0.3) is 5.91 Å². The molecule has 3 aromatic carbocycles. The van der Waals surface area contributed by atoms with Crippen LogP contribution in [0.4, 0.5) is 5.69 Å². The zero-order valence-electron chi connectivity index (χ0n) is 17.3. The molecule has 0 spiro atoms. The molecule has 1 N–H and O–H groups in total. The molecule has 0 saturated heterocycles. The van der Waals surface area contributed by atoms with E-state index in [0.29, 0.717) is 28.8 Å². The van der Waals surface area contributed by atoms with Crippen molar-refractivity contribution in [1.82, 2.24) is 0 Å². The zero-order valence-corrected chi connectivity index (χ0v) is 18.1. The van der Waals surface area contributed by atoms with E-state index in [-0.39, 0.29) is 12.5 Å². The van der Waals surface area contributed by atoms with Crippen LogP contribution in [-0.4, -0.2) is 25.8 Å². The van der Waals surface area contributed by atoms with Crippen LogP contribution in [0.3, 0.4) is 0 Å². The number of halogens is 1. The van der Waals surface area contributed by atoms with Crippen molar-refractivity contribution in [2.75, 3.05) is 19.0 Å². The van der Waals surface area contributed by atoms with Gasteiger partial charge < -0.3 is 19.6 Å². The van der Waals surface area contributed by atoms with E-state index in [2.05, 4.69) is 10.5 Å². The van der Waals surface area contributed by atoms with Crippen molar-refractivity contribution >= 4 is 29.4 Å². The number of amides is 1. The van der Waals surface area contributed by atoms with Crippen LogP contribution in [0.2, 0.25) is 5.02 Å². The van der Waals surface area contributed by atoms with Gasteiger partial charge in [-0.05, 0) is 55.0 Å². The highest BCUT2D eigenvalue weighted by Gasteiger charge is 2.06. The van der Waals surface area contributed by atoms with Gasteiger partial charge in [-0.25, -0.2) is 0 Å². The smallest absolute Gasteiger partial charge is 0.265 e. The molecule has 160 valence electrons. The predicted octanol–water partition coefficient (Wildman–Crippen LogP) is 5.23. The van der Waals surface area contributed by atoms with Crippen molar-refractivity contribution in [3.63, 3.8) is 0 Å². The number of nitrogens with one attached hydrogen (secondary N) is 1. The van der Waals surface area contributed by atoms with Crippen LogP contribution >= 0.6 is 11.6 Å². The number of methoxy groups -OCH3 is 1. The fraction of sp³-hybridized carbons (Fsp3) is 0.167. The van der Waals surface area contributed by atoms with Gasteiger partial charge in [-0.15, -0.1) is 0 Å². The van der Waals surface area contributed by atoms with Crippen molar-refractivity contribution in [3.8, 4) is 11.5 Å². The lowest BCUT2D eigenvalue weighted by molar-refractivity contribution is -0.120. The van der Waals surface area contributed by atoms with Crippen LogP contribution in [0, 0.1) is 6.92 Å². The molecular weight excluding hydrogens is 416 g/mol. The maximum Gasteiger partial charge on any atom is 0.265 e. The number of aryl methyl sites for hydroxylation is 1. The predicted molar refractivity (Wildman–Crippen MR) is 122 cm³/mol. The van der Waals surface area contributed by atoms with Gasteiger partial charge in [0, 0.05) is 16.3 Å². The monoisotopic (exact) mass is 438 g/mol. The quantitative estimate of drug-likeness (QED) is 0.367. The number of hydrogen-bond acceptors (Lipinski definition) is 5. The first-order chi connectivity index (χ1) is 15.0. The van der Waals surface area contributed by atoms with Gasteiger partial charge >= 0.3 is 0 Å². The van der Waals surface area contributed by atoms with E-state index in [0.717, 1.165) is 11.1 Å². The highest BCUT2D eigenvalue weighted by Crippen LogP contribution is 2.28. The lowest BCUT2D eigenvalue weighted by atomic mass is 10.2. The minimum Gasteiger partial charge on any atom is -0.493 e. The maximum absolute atomic E-state index is 11.9. The first-order valence-electron chi connectivity index (χ1n) is 9.60. The highest BCUT2D eigenvalue weighted by atomic mass is 35.5. The van der Waals surface area contributed by atoms with Gasteiger partial charge in [0.05, 0.1) is 13.3 Å². The van der Waals surface area contributed by atoms with E-state index in [1.807, 2.05) is 43.3 Å². The third kappa shape index (κ3) is 7.04. The Morgan fingerprint density at radius 1 is 1.03 bits per heavy atom. The van der Waals surface area contributed by atoms with Gasteiger partial charge in [0.1, 0.15) is 6.61 Å². The van der Waals surface area contributed by atoms with E-state index in [1.165, 1.54) is 11.8 Å². The molecule has 0 saturated carbocycles. The van der Waals surface area contributed by atoms with Crippen LogP contribution in [0.25, 0.3) is 0 Å². The number of carbonyl (C=O) groups is 1. The van der Waals surface area contributed by atoms with Crippen molar-refractivity contribution < 1.29 is 19.1 Å². The number of nitrogens with zero attached hydrogens (tertiary/aromatic N) is 1. The summed E-state index contributed by atoms with van der Waals surface area (Å²) in [6.45, 7) is 2.27. The summed E-state index contributed by atoms with van der Waals surface area (Å²) < 4.78 is 11.3. The summed E-state index contributed by atoms with van der Waals surface area (Å²) in [5.74, 6) is 0.886. The molecule has 0 aliphatic rings. The number of oxime groups is 1.